The summed E-state index contributed by atoms with van der Waals surface area (Å²) in [5.41, 5.74) is 2.73. The predicted molar refractivity (Wildman–Crippen MR) is 79.3 cm³/mol. The second-order valence-corrected chi connectivity index (χ2v) is 11.7. The van der Waals surface area contributed by atoms with Crippen LogP contribution in [0.15, 0.2) is 30.5 Å². The van der Waals surface area contributed by atoms with Crippen LogP contribution >= 0.6 is 0 Å². The molecule has 1 heterocycles. The molecule has 0 unspecified atom stereocenters. The second-order valence-electron chi connectivity index (χ2n) is 6.56. The van der Waals surface area contributed by atoms with Gasteiger partial charge in [-0.25, -0.2) is 0 Å². The normalized spacial score (nSPS) is 13.3. The second kappa shape index (κ2) is 3.74. The van der Waals surface area contributed by atoms with Crippen molar-refractivity contribution in [1.29, 1.82) is 0 Å². The molecule has 1 aromatic carbocycles. The maximum atomic E-state index is 2.54. The lowest BCUT2D eigenvalue weighted by molar-refractivity contribution is 0.703. The van der Waals surface area contributed by atoms with Crippen LogP contribution in [0.5, 0.6) is 0 Å². The Balaban J connectivity index is 2.65. The van der Waals surface area contributed by atoms with Crippen molar-refractivity contribution in [3.63, 3.8) is 0 Å². The molecule has 1 nitrogen and oxygen atoms in total. The molecular formula is C15H23NSi. The van der Waals surface area contributed by atoms with Gasteiger partial charge in [0.2, 0.25) is 0 Å². The average molecular weight is 245 g/mol. The van der Waals surface area contributed by atoms with Crippen LogP contribution < -0.4 is 0 Å². The van der Waals surface area contributed by atoms with Crippen molar-refractivity contribution < 1.29 is 0 Å². The van der Waals surface area contributed by atoms with E-state index < -0.39 is 8.24 Å². The Kier molecular flexibility index (Phi) is 2.73. The fraction of sp³-hybridized carbons (Fsp3) is 0.467. The number of aryl methyl sites for hydroxylation is 1. The summed E-state index contributed by atoms with van der Waals surface area (Å²) >= 11 is 0. The molecule has 0 bridgehead atoms. The first kappa shape index (κ1) is 12.4. The van der Waals surface area contributed by atoms with E-state index in [1.54, 1.807) is 0 Å². The number of benzene rings is 1. The number of nitrogens with zero attached hydrogens (tertiary/aromatic N) is 1. The van der Waals surface area contributed by atoms with Gasteiger partial charge in [-0.3, -0.25) is 0 Å². The molecular weight excluding hydrogens is 222 g/mol. The summed E-state index contributed by atoms with van der Waals surface area (Å²) < 4.78 is 2.54. The number of hydrogen-bond acceptors (Lipinski definition) is 0. The van der Waals surface area contributed by atoms with Gasteiger partial charge in [0, 0.05) is 5.52 Å². The van der Waals surface area contributed by atoms with Gasteiger partial charge in [0.15, 0.2) is 8.24 Å². The Morgan fingerprint density at radius 2 is 1.71 bits per heavy atom. The zero-order valence-electron chi connectivity index (χ0n) is 11.8. The summed E-state index contributed by atoms with van der Waals surface area (Å²) in [6.07, 6.45) is 2.28. The van der Waals surface area contributed by atoms with Crippen molar-refractivity contribution in [2.45, 2.75) is 45.8 Å². The van der Waals surface area contributed by atoms with Gasteiger partial charge in [-0.1, -0.05) is 45.5 Å². The van der Waals surface area contributed by atoms with E-state index >= 15 is 0 Å². The van der Waals surface area contributed by atoms with Crippen molar-refractivity contribution in [1.82, 2.24) is 4.23 Å². The minimum atomic E-state index is -1.49. The van der Waals surface area contributed by atoms with Crippen LogP contribution in [0.2, 0.25) is 18.1 Å². The molecule has 0 spiro atoms. The first-order valence-electron chi connectivity index (χ1n) is 6.32. The van der Waals surface area contributed by atoms with E-state index in [0.717, 1.165) is 0 Å². The van der Waals surface area contributed by atoms with Crippen molar-refractivity contribution in [2.24, 2.45) is 0 Å². The smallest absolute Gasteiger partial charge is 0.161 e. The van der Waals surface area contributed by atoms with E-state index in [0.29, 0.717) is 5.04 Å². The first-order chi connectivity index (χ1) is 7.73. The van der Waals surface area contributed by atoms with Gasteiger partial charge in [-0.05, 0) is 41.7 Å². The Bertz CT molecular complexity index is 544. The highest BCUT2D eigenvalue weighted by Gasteiger charge is 2.37. The van der Waals surface area contributed by atoms with Crippen molar-refractivity contribution >= 4 is 19.1 Å². The molecule has 0 aliphatic rings. The minimum absolute atomic E-state index is 0.365. The van der Waals surface area contributed by atoms with Crippen LogP contribution in [-0.4, -0.2) is 12.5 Å². The van der Waals surface area contributed by atoms with Crippen LogP contribution in [0, 0.1) is 6.92 Å². The molecule has 0 aliphatic heterocycles. The Labute approximate surface area is 106 Å². The molecule has 0 radical (unpaired) electrons. The molecule has 0 fully saturated rings. The zero-order chi connectivity index (χ0) is 12.8. The van der Waals surface area contributed by atoms with E-state index in [2.05, 4.69) is 75.5 Å². The molecule has 0 saturated heterocycles. The number of fused-ring (bicyclic) bond motifs is 1. The molecule has 92 valence electrons. The third-order valence-electron chi connectivity index (χ3n) is 4.28. The standard InChI is InChI=1S/C15H23NSi/c1-12-7-8-14-13(11-12)9-10-16(14)17(5,6)15(2,3)4/h7-11H,1-6H3. The average Bonchev–Trinajstić information content (AvgIpc) is 2.58. The van der Waals surface area contributed by atoms with E-state index in [9.17, 15) is 0 Å². The number of hydrogen-bond donors (Lipinski definition) is 0. The molecule has 0 saturated carbocycles. The largest absolute Gasteiger partial charge is 0.374 e. The van der Waals surface area contributed by atoms with E-state index in [1.165, 1.54) is 16.5 Å². The Morgan fingerprint density at radius 3 is 2.29 bits per heavy atom. The molecule has 2 aromatic rings. The van der Waals surface area contributed by atoms with Crippen molar-refractivity contribution in [3.05, 3.63) is 36.0 Å². The third-order valence-corrected chi connectivity index (χ3v) is 9.55. The Hall–Kier alpha value is -1.02. The first-order valence-corrected chi connectivity index (χ1v) is 9.26. The topological polar surface area (TPSA) is 4.93 Å². The van der Waals surface area contributed by atoms with Gasteiger partial charge < -0.3 is 4.23 Å². The minimum Gasteiger partial charge on any atom is -0.374 e. The number of aromatic nitrogens is 1. The van der Waals surface area contributed by atoms with Crippen molar-refractivity contribution in [2.75, 3.05) is 0 Å². The van der Waals surface area contributed by atoms with Gasteiger partial charge in [0.05, 0.1) is 0 Å². The SMILES string of the molecule is Cc1ccc2c(ccn2[Si](C)(C)C(C)(C)C)c1. The summed E-state index contributed by atoms with van der Waals surface area (Å²) in [4.78, 5) is 0. The zero-order valence-corrected chi connectivity index (χ0v) is 12.8. The summed E-state index contributed by atoms with van der Waals surface area (Å²) in [6, 6.07) is 9.01. The lowest BCUT2D eigenvalue weighted by Gasteiger charge is -2.38. The lowest BCUT2D eigenvalue weighted by Crippen LogP contribution is -2.44. The van der Waals surface area contributed by atoms with Gasteiger partial charge in [-0.15, -0.1) is 0 Å². The number of rotatable bonds is 1. The van der Waals surface area contributed by atoms with Gasteiger partial charge in [0.25, 0.3) is 0 Å². The maximum absolute atomic E-state index is 2.54. The molecule has 0 aliphatic carbocycles. The molecule has 0 amide bonds. The quantitative estimate of drug-likeness (QED) is 0.636. The molecule has 2 rings (SSSR count). The third kappa shape index (κ3) is 1.95. The Morgan fingerprint density at radius 1 is 1.06 bits per heavy atom. The lowest BCUT2D eigenvalue weighted by atomic mass is 10.2. The van der Waals surface area contributed by atoms with Crippen LogP contribution in [0.4, 0.5) is 0 Å². The van der Waals surface area contributed by atoms with Crippen LogP contribution in [0.3, 0.4) is 0 Å². The molecule has 17 heavy (non-hydrogen) atoms. The highest BCUT2D eigenvalue weighted by atomic mass is 28.3. The molecule has 2 heteroatoms. The highest BCUT2D eigenvalue weighted by Crippen LogP contribution is 2.38. The van der Waals surface area contributed by atoms with Gasteiger partial charge in [0.1, 0.15) is 0 Å². The maximum Gasteiger partial charge on any atom is 0.161 e. The van der Waals surface area contributed by atoms with E-state index in [4.69, 9.17) is 0 Å². The van der Waals surface area contributed by atoms with E-state index in [1.807, 2.05) is 0 Å². The van der Waals surface area contributed by atoms with Gasteiger partial charge >= 0.3 is 0 Å². The van der Waals surface area contributed by atoms with Crippen LogP contribution in [0.1, 0.15) is 26.3 Å². The fourth-order valence-corrected chi connectivity index (χ4v) is 4.09. The summed E-state index contributed by atoms with van der Waals surface area (Å²) in [7, 11) is -1.49. The monoisotopic (exact) mass is 245 g/mol. The predicted octanol–water partition coefficient (Wildman–Crippen LogP) is 4.80. The van der Waals surface area contributed by atoms with Crippen LogP contribution in [0.25, 0.3) is 10.9 Å². The summed E-state index contributed by atoms with van der Waals surface area (Å²) in [5, 5.41) is 1.74. The molecule has 0 N–H and O–H groups in total. The molecule has 1 aromatic heterocycles. The van der Waals surface area contributed by atoms with E-state index in [-0.39, 0.29) is 0 Å². The fourth-order valence-electron chi connectivity index (χ4n) is 2.11. The van der Waals surface area contributed by atoms with Crippen LogP contribution in [-0.2, 0) is 0 Å². The summed E-state index contributed by atoms with van der Waals surface area (Å²) in [5.74, 6) is 0. The van der Waals surface area contributed by atoms with Crippen molar-refractivity contribution in [3.8, 4) is 0 Å². The summed E-state index contributed by atoms with van der Waals surface area (Å²) in [6.45, 7) is 14.1. The molecule has 0 atom stereocenters. The van der Waals surface area contributed by atoms with Gasteiger partial charge in [-0.2, -0.15) is 0 Å². The highest BCUT2D eigenvalue weighted by molar-refractivity contribution is 6.79.